The van der Waals surface area contributed by atoms with E-state index in [1.807, 2.05) is 0 Å². The molecule has 6 nitrogen and oxygen atoms in total. The van der Waals surface area contributed by atoms with E-state index in [0.29, 0.717) is 17.2 Å². The predicted octanol–water partition coefficient (Wildman–Crippen LogP) is 1.03. The van der Waals surface area contributed by atoms with E-state index in [9.17, 15) is 9.59 Å². The fourth-order valence-electron chi connectivity index (χ4n) is 1.66. The Balaban J connectivity index is 2.10. The van der Waals surface area contributed by atoms with Gasteiger partial charge in [0.2, 0.25) is 5.91 Å². The smallest absolute Gasteiger partial charge is 0.305 e. The molecule has 0 aromatic carbocycles. The predicted molar refractivity (Wildman–Crippen MR) is 60.4 cm³/mol. The number of amides is 1. The lowest BCUT2D eigenvalue weighted by Gasteiger charge is -2.20. The number of carboxylic acids is 1. The first-order chi connectivity index (χ1) is 8.08. The van der Waals surface area contributed by atoms with Crippen molar-refractivity contribution in [2.24, 2.45) is 0 Å². The second-order valence-corrected chi connectivity index (χ2v) is 4.83. The van der Waals surface area contributed by atoms with Gasteiger partial charge in [-0.15, -0.1) is 11.8 Å². The molecule has 2 heterocycles. The van der Waals surface area contributed by atoms with Gasteiger partial charge >= 0.3 is 5.97 Å². The van der Waals surface area contributed by atoms with Crippen molar-refractivity contribution < 1.29 is 19.2 Å². The first kappa shape index (κ1) is 12.0. The van der Waals surface area contributed by atoms with Gasteiger partial charge in [-0.3, -0.25) is 9.59 Å². The second-order valence-electron chi connectivity index (χ2n) is 3.76. The molecule has 1 saturated heterocycles. The lowest BCUT2D eigenvalue weighted by atomic mass is 10.3. The van der Waals surface area contributed by atoms with Gasteiger partial charge in [0.15, 0.2) is 0 Å². The molecule has 1 atom stereocenters. The van der Waals surface area contributed by atoms with Crippen molar-refractivity contribution in [1.82, 2.24) is 10.1 Å². The summed E-state index contributed by atoms with van der Waals surface area (Å²) in [6.07, 6.45) is -0.0559. The average molecular weight is 256 g/mol. The van der Waals surface area contributed by atoms with E-state index < -0.39 is 5.97 Å². The molecule has 0 saturated carbocycles. The number of nitrogens with zero attached hydrogens (tertiary/aromatic N) is 2. The van der Waals surface area contributed by atoms with Crippen molar-refractivity contribution in [3.05, 3.63) is 17.5 Å². The fourth-order valence-corrected chi connectivity index (χ4v) is 2.81. The van der Waals surface area contributed by atoms with E-state index in [1.165, 1.54) is 16.7 Å². The number of rotatable bonds is 4. The number of aromatic nitrogens is 1. The second kappa shape index (κ2) is 4.79. The summed E-state index contributed by atoms with van der Waals surface area (Å²) in [6.45, 7) is 1.98. The molecule has 1 unspecified atom stereocenters. The van der Waals surface area contributed by atoms with Crippen LogP contribution in [0.15, 0.2) is 10.6 Å². The number of aryl methyl sites for hydroxylation is 1. The minimum absolute atomic E-state index is 0.0538. The van der Waals surface area contributed by atoms with Crippen molar-refractivity contribution >= 4 is 23.6 Å². The van der Waals surface area contributed by atoms with Gasteiger partial charge in [-0.25, -0.2) is 0 Å². The standard InChI is InChI=1S/C10H12N2O4S/c1-6-4-7(11-16-6)10-12(3-2-9(14)15)8(13)5-17-10/h4,10H,2-3,5H2,1H3,(H,14,15). The summed E-state index contributed by atoms with van der Waals surface area (Å²) in [5, 5.41) is 12.3. The zero-order valence-corrected chi connectivity index (χ0v) is 10.1. The molecule has 1 fully saturated rings. The van der Waals surface area contributed by atoms with Crippen LogP contribution in [0.3, 0.4) is 0 Å². The molecule has 1 aromatic rings. The number of carbonyl (C=O) groups excluding carboxylic acids is 1. The Hall–Kier alpha value is -1.50. The van der Waals surface area contributed by atoms with Gasteiger partial charge in [-0.05, 0) is 6.92 Å². The molecule has 1 amide bonds. The summed E-state index contributed by atoms with van der Waals surface area (Å²) in [6, 6.07) is 1.77. The Labute approximate surface area is 102 Å². The highest BCUT2D eigenvalue weighted by molar-refractivity contribution is 8.00. The van der Waals surface area contributed by atoms with Crippen LogP contribution in [-0.4, -0.2) is 39.3 Å². The van der Waals surface area contributed by atoms with E-state index in [4.69, 9.17) is 9.63 Å². The third-order valence-electron chi connectivity index (χ3n) is 2.43. The highest BCUT2D eigenvalue weighted by atomic mass is 32.2. The monoisotopic (exact) mass is 256 g/mol. The van der Waals surface area contributed by atoms with E-state index in [-0.39, 0.29) is 24.2 Å². The Morgan fingerprint density at radius 1 is 1.76 bits per heavy atom. The third kappa shape index (κ3) is 2.60. The Kier molecular flexibility index (Phi) is 3.37. The molecule has 1 N–H and O–H groups in total. The normalized spacial score (nSPS) is 19.9. The van der Waals surface area contributed by atoms with Gasteiger partial charge in [0.1, 0.15) is 16.8 Å². The molecular weight excluding hydrogens is 244 g/mol. The fraction of sp³-hybridized carbons (Fsp3) is 0.500. The highest BCUT2D eigenvalue weighted by Gasteiger charge is 2.34. The van der Waals surface area contributed by atoms with Crippen LogP contribution in [0.25, 0.3) is 0 Å². The first-order valence-corrected chi connectivity index (χ1v) is 6.19. The van der Waals surface area contributed by atoms with Crippen LogP contribution in [0.1, 0.15) is 23.2 Å². The van der Waals surface area contributed by atoms with Crippen molar-refractivity contribution in [2.75, 3.05) is 12.3 Å². The summed E-state index contributed by atoms with van der Waals surface area (Å²) in [5.74, 6) is 0.0701. The Bertz CT molecular complexity index is 445. The van der Waals surface area contributed by atoms with Crippen molar-refractivity contribution in [2.45, 2.75) is 18.7 Å². The topological polar surface area (TPSA) is 83.6 Å². The van der Waals surface area contributed by atoms with Crippen molar-refractivity contribution in [3.8, 4) is 0 Å². The van der Waals surface area contributed by atoms with E-state index in [0.717, 1.165) is 0 Å². The molecule has 92 valence electrons. The summed E-state index contributed by atoms with van der Waals surface area (Å²) < 4.78 is 4.97. The first-order valence-electron chi connectivity index (χ1n) is 5.14. The Morgan fingerprint density at radius 3 is 3.12 bits per heavy atom. The maximum atomic E-state index is 11.6. The summed E-state index contributed by atoms with van der Waals surface area (Å²) in [5.41, 5.74) is 0.670. The molecule has 0 aliphatic carbocycles. The summed E-state index contributed by atoms with van der Waals surface area (Å²) >= 11 is 1.44. The number of hydrogen-bond acceptors (Lipinski definition) is 5. The zero-order valence-electron chi connectivity index (χ0n) is 9.25. The SMILES string of the molecule is Cc1cc(C2SCC(=O)N2CCC(=O)O)no1. The largest absolute Gasteiger partial charge is 0.481 e. The molecule has 0 radical (unpaired) electrons. The lowest BCUT2D eigenvalue weighted by Crippen LogP contribution is -2.30. The molecular formula is C10H12N2O4S. The van der Waals surface area contributed by atoms with Gasteiger partial charge in [0, 0.05) is 12.6 Å². The molecule has 7 heteroatoms. The molecule has 17 heavy (non-hydrogen) atoms. The molecule has 0 bridgehead atoms. The quantitative estimate of drug-likeness (QED) is 0.866. The number of thioether (sulfide) groups is 1. The maximum Gasteiger partial charge on any atom is 0.305 e. The molecule has 1 aliphatic heterocycles. The van der Waals surface area contributed by atoms with Crippen LogP contribution in [0.4, 0.5) is 0 Å². The molecule has 1 aliphatic rings. The van der Waals surface area contributed by atoms with Gasteiger partial charge in [0.25, 0.3) is 0 Å². The van der Waals surface area contributed by atoms with Crippen LogP contribution in [0, 0.1) is 6.92 Å². The van der Waals surface area contributed by atoms with Crippen LogP contribution in [0.5, 0.6) is 0 Å². The molecule has 2 rings (SSSR count). The number of hydrogen-bond donors (Lipinski definition) is 1. The lowest BCUT2D eigenvalue weighted by molar-refractivity contribution is -0.138. The van der Waals surface area contributed by atoms with Gasteiger partial charge < -0.3 is 14.5 Å². The number of carboxylic acid groups (broad SMARTS) is 1. The summed E-state index contributed by atoms with van der Waals surface area (Å²) in [4.78, 5) is 23.7. The van der Waals surface area contributed by atoms with Crippen LogP contribution >= 0.6 is 11.8 Å². The highest BCUT2D eigenvalue weighted by Crippen LogP contribution is 2.38. The Morgan fingerprint density at radius 2 is 2.53 bits per heavy atom. The minimum atomic E-state index is -0.912. The van der Waals surface area contributed by atoms with Crippen molar-refractivity contribution in [1.29, 1.82) is 0 Å². The van der Waals surface area contributed by atoms with Gasteiger partial charge in [-0.2, -0.15) is 0 Å². The van der Waals surface area contributed by atoms with Crippen molar-refractivity contribution in [3.63, 3.8) is 0 Å². The van der Waals surface area contributed by atoms with Gasteiger partial charge in [-0.1, -0.05) is 5.16 Å². The minimum Gasteiger partial charge on any atom is -0.481 e. The van der Waals surface area contributed by atoms with E-state index in [1.54, 1.807) is 13.0 Å². The number of carbonyl (C=O) groups is 2. The van der Waals surface area contributed by atoms with Gasteiger partial charge in [0.05, 0.1) is 12.2 Å². The molecule has 1 aromatic heterocycles. The molecule has 0 spiro atoms. The van der Waals surface area contributed by atoms with E-state index in [2.05, 4.69) is 5.16 Å². The summed E-state index contributed by atoms with van der Waals surface area (Å²) in [7, 11) is 0. The van der Waals surface area contributed by atoms with Crippen LogP contribution in [-0.2, 0) is 9.59 Å². The zero-order chi connectivity index (χ0) is 12.4. The van der Waals surface area contributed by atoms with Crippen LogP contribution in [0.2, 0.25) is 0 Å². The average Bonchev–Trinajstić information content (AvgIpc) is 2.82. The number of aliphatic carboxylic acids is 1. The van der Waals surface area contributed by atoms with Crippen LogP contribution < -0.4 is 0 Å². The van der Waals surface area contributed by atoms with E-state index >= 15 is 0 Å². The third-order valence-corrected chi connectivity index (χ3v) is 3.66. The maximum absolute atomic E-state index is 11.6.